The summed E-state index contributed by atoms with van der Waals surface area (Å²) < 4.78 is 15.2. The van der Waals surface area contributed by atoms with E-state index >= 15 is 0 Å². The van der Waals surface area contributed by atoms with Crippen LogP contribution in [0.2, 0.25) is 0 Å². The van der Waals surface area contributed by atoms with Crippen molar-refractivity contribution in [1.82, 2.24) is 4.98 Å². The van der Waals surface area contributed by atoms with Crippen molar-refractivity contribution in [2.45, 2.75) is 0 Å². The van der Waals surface area contributed by atoms with Crippen molar-refractivity contribution in [1.29, 1.82) is 0 Å². The zero-order valence-electron chi connectivity index (χ0n) is 23.3. The summed E-state index contributed by atoms with van der Waals surface area (Å²) in [6.07, 6.45) is 1.84. The summed E-state index contributed by atoms with van der Waals surface area (Å²) >= 11 is 1.83. The standard InChI is InChI=1S/C39H22N2O2S/c1-2-8-24-20-35-31(19-23(24)7-1)38-32(17-18-40-39(38)43-35)41(25-13-15-34-29(21-25)27-9-3-5-11-33(27)42-34)26-14-16-37-30(22-26)28-10-4-6-12-36(28)44-37/h1-22H. The van der Waals surface area contributed by atoms with Crippen molar-refractivity contribution in [2.75, 3.05) is 4.90 Å². The van der Waals surface area contributed by atoms with E-state index in [0.717, 1.165) is 60.7 Å². The average Bonchev–Trinajstić information content (AvgIpc) is 3.74. The lowest BCUT2D eigenvalue weighted by atomic mass is 10.0. The first-order chi connectivity index (χ1) is 21.8. The molecule has 0 unspecified atom stereocenters. The highest BCUT2D eigenvalue weighted by Crippen LogP contribution is 2.46. The quantitative estimate of drug-likeness (QED) is 0.208. The van der Waals surface area contributed by atoms with Gasteiger partial charge in [0.2, 0.25) is 5.71 Å². The molecule has 0 N–H and O–H groups in total. The maximum absolute atomic E-state index is 6.40. The molecule has 0 aliphatic heterocycles. The van der Waals surface area contributed by atoms with Crippen molar-refractivity contribution in [2.24, 2.45) is 0 Å². The summed E-state index contributed by atoms with van der Waals surface area (Å²) in [6.45, 7) is 0. The average molecular weight is 583 g/mol. The largest absolute Gasteiger partial charge is 0.456 e. The van der Waals surface area contributed by atoms with E-state index in [1.54, 1.807) is 0 Å². The van der Waals surface area contributed by atoms with Gasteiger partial charge in [-0.15, -0.1) is 11.3 Å². The summed E-state index contributed by atoms with van der Waals surface area (Å²) in [5.41, 5.74) is 6.31. The number of anilines is 3. The zero-order valence-corrected chi connectivity index (χ0v) is 24.1. The van der Waals surface area contributed by atoms with Crippen LogP contribution in [0.1, 0.15) is 0 Å². The minimum atomic E-state index is 0.620. The normalized spacial score (nSPS) is 12.1. The summed E-state index contributed by atoms with van der Waals surface area (Å²) in [4.78, 5) is 7.03. The van der Waals surface area contributed by atoms with Gasteiger partial charge in [-0.1, -0.05) is 60.7 Å². The van der Waals surface area contributed by atoms with Crippen LogP contribution < -0.4 is 4.90 Å². The summed E-state index contributed by atoms with van der Waals surface area (Å²) in [6, 6.07) is 44.9. The van der Waals surface area contributed by atoms with Gasteiger partial charge in [-0.05, 0) is 77.5 Å². The molecule has 0 saturated carbocycles. The van der Waals surface area contributed by atoms with Gasteiger partial charge < -0.3 is 13.7 Å². The van der Waals surface area contributed by atoms with E-state index in [9.17, 15) is 0 Å². The lowest BCUT2D eigenvalue weighted by Gasteiger charge is -2.26. The second-order valence-electron chi connectivity index (χ2n) is 11.2. The van der Waals surface area contributed by atoms with Crippen LogP contribution in [-0.4, -0.2) is 4.98 Å². The van der Waals surface area contributed by atoms with E-state index in [4.69, 9.17) is 13.8 Å². The minimum absolute atomic E-state index is 0.620. The Bertz CT molecular complexity index is 2640. The molecule has 5 heteroatoms. The molecule has 206 valence electrons. The van der Waals surface area contributed by atoms with Crippen molar-refractivity contribution >= 4 is 103 Å². The van der Waals surface area contributed by atoms with E-state index in [1.807, 2.05) is 29.7 Å². The minimum Gasteiger partial charge on any atom is -0.456 e. The van der Waals surface area contributed by atoms with E-state index in [1.165, 1.54) is 25.6 Å². The molecule has 10 aromatic rings. The van der Waals surface area contributed by atoms with Gasteiger partial charge in [0.05, 0.1) is 11.1 Å². The van der Waals surface area contributed by atoms with Gasteiger partial charge in [-0.2, -0.15) is 0 Å². The van der Waals surface area contributed by atoms with Crippen molar-refractivity contribution in [3.63, 3.8) is 0 Å². The fourth-order valence-corrected chi connectivity index (χ4v) is 7.77. The molecular formula is C39H22N2O2S. The van der Waals surface area contributed by atoms with Crippen molar-refractivity contribution < 1.29 is 8.83 Å². The highest BCUT2D eigenvalue weighted by molar-refractivity contribution is 7.25. The Morgan fingerprint density at radius 3 is 2.11 bits per heavy atom. The number of rotatable bonds is 3. The first-order valence-electron chi connectivity index (χ1n) is 14.6. The SMILES string of the molecule is c1ccc2cc3c(cc2c1)oc1nccc(N(c2ccc4oc5ccccc5c4c2)c2ccc4sc5ccccc5c4c2)c13. The molecule has 4 heterocycles. The number of para-hydroxylation sites is 1. The molecule has 0 fully saturated rings. The van der Waals surface area contributed by atoms with Crippen LogP contribution in [0.15, 0.2) is 142 Å². The predicted octanol–water partition coefficient (Wildman–Crippen LogP) is 11.9. The Kier molecular flexibility index (Phi) is 4.84. The zero-order chi connectivity index (χ0) is 28.8. The van der Waals surface area contributed by atoms with E-state index in [-0.39, 0.29) is 0 Å². The lowest BCUT2D eigenvalue weighted by molar-refractivity contribution is 0.654. The number of hydrogen-bond donors (Lipinski definition) is 0. The lowest BCUT2D eigenvalue weighted by Crippen LogP contribution is -2.10. The number of benzene rings is 6. The van der Waals surface area contributed by atoms with Crippen LogP contribution >= 0.6 is 11.3 Å². The summed E-state index contributed by atoms with van der Waals surface area (Å²) in [7, 11) is 0. The molecular weight excluding hydrogens is 561 g/mol. The molecule has 0 saturated heterocycles. The molecule has 0 amide bonds. The van der Waals surface area contributed by atoms with E-state index < -0.39 is 0 Å². The number of nitrogens with zero attached hydrogens (tertiary/aromatic N) is 2. The smallest absolute Gasteiger partial charge is 0.229 e. The first kappa shape index (κ1) is 23.9. The third kappa shape index (κ3) is 3.41. The van der Waals surface area contributed by atoms with Gasteiger partial charge in [0.1, 0.15) is 16.7 Å². The molecule has 44 heavy (non-hydrogen) atoms. The molecule has 4 aromatic heterocycles. The van der Waals surface area contributed by atoms with Crippen LogP contribution in [-0.2, 0) is 0 Å². The van der Waals surface area contributed by atoms with E-state index in [0.29, 0.717) is 5.71 Å². The molecule has 0 aliphatic carbocycles. The van der Waals surface area contributed by atoms with Gasteiger partial charge in [0.15, 0.2) is 0 Å². The molecule has 6 aromatic carbocycles. The molecule has 0 bridgehead atoms. The number of aromatic nitrogens is 1. The first-order valence-corrected chi connectivity index (χ1v) is 15.4. The van der Waals surface area contributed by atoms with Crippen LogP contribution in [0, 0.1) is 0 Å². The Labute approximate surface area is 255 Å². The predicted molar refractivity (Wildman–Crippen MR) is 184 cm³/mol. The molecule has 0 atom stereocenters. The Hall–Kier alpha value is -5.65. The van der Waals surface area contributed by atoms with Gasteiger partial charge in [-0.25, -0.2) is 4.98 Å². The Morgan fingerprint density at radius 2 is 1.20 bits per heavy atom. The number of furan rings is 2. The summed E-state index contributed by atoms with van der Waals surface area (Å²) in [5, 5.41) is 9.04. The number of hydrogen-bond acceptors (Lipinski definition) is 5. The molecule has 10 rings (SSSR count). The number of fused-ring (bicyclic) bond motifs is 10. The van der Waals surface area contributed by atoms with Gasteiger partial charge in [-0.3, -0.25) is 0 Å². The highest BCUT2D eigenvalue weighted by atomic mass is 32.1. The second kappa shape index (κ2) is 8.93. The Morgan fingerprint density at radius 1 is 0.500 bits per heavy atom. The van der Waals surface area contributed by atoms with Crippen LogP contribution in [0.3, 0.4) is 0 Å². The fourth-order valence-electron chi connectivity index (χ4n) is 6.69. The Balaban J connectivity index is 1.30. The topological polar surface area (TPSA) is 42.4 Å². The van der Waals surface area contributed by atoms with Crippen molar-refractivity contribution in [3.05, 3.63) is 134 Å². The third-order valence-corrected chi connectivity index (χ3v) is 9.85. The van der Waals surface area contributed by atoms with Gasteiger partial charge in [0.25, 0.3) is 0 Å². The maximum Gasteiger partial charge on any atom is 0.229 e. The van der Waals surface area contributed by atoms with E-state index in [2.05, 4.69) is 120 Å². The molecule has 0 spiro atoms. The number of pyridine rings is 1. The van der Waals surface area contributed by atoms with Gasteiger partial charge >= 0.3 is 0 Å². The van der Waals surface area contributed by atoms with Gasteiger partial charge in [0, 0.05) is 53.9 Å². The molecule has 0 radical (unpaired) electrons. The number of thiophene rings is 1. The summed E-state index contributed by atoms with van der Waals surface area (Å²) in [5.74, 6) is 0. The third-order valence-electron chi connectivity index (χ3n) is 8.70. The second-order valence-corrected chi connectivity index (χ2v) is 12.3. The van der Waals surface area contributed by atoms with Crippen LogP contribution in [0.25, 0.3) is 75.0 Å². The fraction of sp³-hybridized carbons (Fsp3) is 0. The maximum atomic E-state index is 6.40. The van der Waals surface area contributed by atoms with Crippen LogP contribution in [0.5, 0.6) is 0 Å². The molecule has 0 aliphatic rings. The highest BCUT2D eigenvalue weighted by Gasteiger charge is 2.22. The van der Waals surface area contributed by atoms with Crippen LogP contribution in [0.4, 0.5) is 17.1 Å². The molecule has 4 nitrogen and oxygen atoms in total. The van der Waals surface area contributed by atoms with Crippen molar-refractivity contribution in [3.8, 4) is 0 Å². The monoisotopic (exact) mass is 582 g/mol.